The van der Waals surface area contributed by atoms with Gasteiger partial charge in [0.15, 0.2) is 0 Å². The lowest BCUT2D eigenvalue weighted by Gasteiger charge is -2.32. The number of ether oxygens (including phenoxy) is 1. The Labute approximate surface area is 149 Å². The Bertz CT molecular complexity index is 741. The highest BCUT2D eigenvalue weighted by molar-refractivity contribution is 7.89. The number of benzene rings is 1. The van der Waals surface area contributed by atoms with Crippen molar-refractivity contribution < 1.29 is 17.9 Å². The van der Waals surface area contributed by atoms with Crippen molar-refractivity contribution in [3.8, 4) is 5.75 Å². The van der Waals surface area contributed by atoms with Crippen molar-refractivity contribution in [2.24, 2.45) is 0 Å². The molecule has 7 heteroatoms. The summed E-state index contributed by atoms with van der Waals surface area (Å²) in [7, 11) is -2.22. The normalized spacial score (nSPS) is 22.2. The molecule has 3 rings (SSSR count). The first-order valence-electron chi connectivity index (χ1n) is 8.90. The van der Waals surface area contributed by atoms with Gasteiger partial charge in [0.05, 0.1) is 12.0 Å². The van der Waals surface area contributed by atoms with Crippen LogP contribution in [0.25, 0.3) is 0 Å². The predicted octanol–water partition coefficient (Wildman–Crippen LogP) is 2.17. The Morgan fingerprint density at radius 2 is 1.84 bits per heavy atom. The molecule has 2 heterocycles. The summed E-state index contributed by atoms with van der Waals surface area (Å²) >= 11 is 0. The average molecular weight is 366 g/mol. The van der Waals surface area contributed by atoms with Crippen LogP contribution in [0.4, 0.5) is 0 Å². The van der Waals surface area contributed by atoms with Crippen molar-refractivity contribution >= 4 is 15.9 Å². The Hall–Kier alpha value is -1.60. The van der Waals surface area contributed by atoms with E-state index in [0.29, 0.717) is 30.7 Å². The van der Waals surface area contributed by atoms with Crippen LogP contribution in [0, 0.1) is 6.92 Å². The fraction of sp³-hybridized carbons (Fsp3) is 0.611. The van der Waals surface area contributed by atoms with Gasteiger partial charge < -0.3 is 9.64 Å². The second-order valence-corrected chi connectivity index (χ2v) is 8.65. The maximum absolute atomic E-state index is 13.2. The zero-order valence-corrected chi connectivity index (χ0v) is 15.7. The summed E-state index contributed by atoms with van der Waals surface area (Å²) in [4.78, 5) is 15.0. The van der Waals surface area contributed by atoms with Crippen LogP contribution < -0.4 is 4.74 Å². The fourth-order valence-electron chi connectivity index (χ4n) is 3.71. The Balaban J connectivity index is 1.89. The number of carbonyl (C=O) groups is 1. The van der Waals surface area contributed by atoms with E-state index in [1.807, 2.05) is 4.90 Å². The molecule has 2 saturated heterocycles. The minimum atomic E-state index is -3.73. The third kappa shape index (κ3) is 3.53. The molecule has 2 aliphatic heterocycles. The SMILES string of the molecule is COc1ccc(C)c(S(=O)(=O)N2CCC[C@H]2C(=O)N2CCCCC2)c1. The number of carbonyl (C=O) groups excluding carboxylic acids is 1. The molecule has 1 amide bonds. The first-order valence-corrected chi connectivity index (χ1v) is 10.3. The summed E-state index contributed by atoms with van der Waals surface area (Å²) < 4.78 is 33.0. The fourth-order valence-corrected chi connectivity index (χ4v) is 5.60. The van der Waals surface area contributed by atoms with E-state index < -0.39 is 16.1 Å². The van der Waals surface area contributed by atoms with Gasteiger partial charge in [0.2, 0.25) is 15.9 Å². The van der Waals surface area contributed by atoms with E-state index in [9.17, 15) is 13.2 Å². The van der Waals surface area contributed by atoms with E-state index >= 15 is 0 Å². The van der Waals surface area contributed by atoms with Crippen LogP contribution in [-0.2, 0) is 14.8 Å². The van der Waals surface area contributed by atoms with Gasteiger partial charge >= 0.3 is 0 Å². The second-order valence-electron chi connectivity index (χ2n) is 6.79. The van der Waals surface area contributed by atoms with E-state index in [-0.39, 0.29) is 10.8 Å². The van der Waals surface area contributed by atoms with E-state index in [1.54, 1.807) is 25.1 Å². The van der Waals surface area contributed by atoms with Gasteiger partial charge in [0.1, 0.15) is 11.8 Å². The molecule has 1 aromatic rings. The van der Waals surface area contributed by atoms with Crippen LogP contribution in [0.5, 0.6) is 5.75 Å². The highest BCUT2D eigenvalue weighted by Gasteiger charge is 2.41. The average Bonchev–Trinajstić information content (AvgIpc) is 3.12. The van der Waals surface area contributed by atoms with Crippen LogP contribution >= 0.6 is 0 Å². The third-order valence-corrected chi connectivity index (χ3v) is 7.19. The lowest BCUT2D eigenvalue weighted by Crippen LogP contribution is -2.49. The Kier molecular flexibility index (Phi) is 5.34. The smallest absolute Gasteiger partial charge is 0.244 e. The molecule has 2 fully saturated rings. The number of amides is 1. The zero-order chi connectivity index (χ0) is 18.0. The molecular weight excluding hydrogens is 340 g/mol. The molecule has 25 heavy (non-hydrogen) atoms. The monoisotopic (exact) mass is 366 g/mol. The highest BCUT2D eigenvalue weighted by atomic mass is 32.2. The number of rotatable bonds is 4. The number of methoxy groups -OCH3 is 1. The van der Waals surface area contributed by atoms with E-state index in [2.05, 4.69) is 0 Å². The molecule has 138 valence electrons. The summed E-state index contributed by atoms with van der Waals surface area (Å²) in [5.74, 6) is 0.462. The Morgan fingerprint density at radius 1 is 1.12 bits per heavy atom. The van der Waals surface area contributed by atoms with Crippen molar-refractivity contribution in [1.29, 1.82) is 0 Å². The van der Waals surface area contributed by atoms with Crippen LogP contribution in [0.15, 0.2) is 23.1 Å². The molecule has 1 atom stereocenters. The first kappa shape index (κ1) is 18.2. The minimum Gasteiger partial charge on any atom is -0.497 e. The standard InChI is InChI=1S/C18H26N2O4S/c1-14-8-9-15(24-2)13-17(14)25(22,23)20-12-6-7-16(20)18(21)19-10-4-3-5-11-19/h8-9,13,16H,3-7,10-12H2,1-2H3/t16-/m0/s1. The third-order valence-electron chi connectivity index (χ3n) is 5.14. The van der Waals surface area contributed by atoms with Crippen molar-refractivity contribution in [3.05, 3.63) is 23.8 Å². The largest absolute Gasteiger partial charge is 0.497 e. The van der Waals surface area contributed by atoms with Gasteiger partial charge in [-0.15, -0.1) is 0 Å². The molecule has 2 aliphatic rings. The summed E-state index contributed by atoms with van der Waals surface area (Å²) in [6.07, 6.45) is 4.45. The van der Waals surface area contributed by atoms with Crippen molar-refractivity contribution in [1.82, 2.24) is 9.21 Å². The molecule has 0 unspecified atom stereocenters. The van der Waals surface area contributed by atoms with Gasteiger partial charge in [-0.25, -0.2) is 8.42 Å². The van der Waals surface area contributed by atoms with Gasteiger partial charge in [0, 0.05) is 25.7 Å². The molecule has 0 aliphatic carbocycles. The molecule has 0 saturated carbocycles. The van der Waals surface area contributed by atoms with Crippen molar-refractivity contribution in [3.63, 3.8) is 0 Å². The van der Waals surface area contributed by atoms with E-state index in [0.717, 1.165) is 32.4 Å². The number of hydrogen-bond donors (Lipinski definition) is 0. The number of likely N-dealkylation sites (tertiary alicyclic amines) is 1. The van der Waals surface area contributed by atoms with Crippen LogP contribution in [0.2, 0.25) is 0 Å². The van der Waals surface area contributed by atoms with Gasteiger partial charge in [-0.1, -0.05) is 6.07 Å². The van der Waals surface area contributed by atoms with Gasteiger partial charge in [-0.05, 0) is 50.7 Å². The molecule has 0 radical (unpaired) electrons. The maximum Gasteiger partial charge on any atom is 0.244 e. The zero-order valence-electron chi connectivity index (χ0n) is 14.9. The van der Waals surface area contributed by atoms with E-state index in [4.69, 9.17) is 4.74 Å². The molecule has 1 aromatic carbocycles. The Morgan fingerprint density at radius 3 is 2.52 bits per heavy atom. The number of sulfonamides is 1. The number of piperidine rings is 1. The van der Waals surface area contributed by atoms with Gasteiger partial charge in [-0.3, -0.25) is 4.79 Å². The lowest BCUT2D eigenvalue weighted by atomic mass is 10.1. The first-order chi connectivity index (χ1) is 11.9. The number of aryl methyl sites for hydroxylation is 1. The van der Waals surface area contributed by atoms with E-state index in [1.165, 1.54) is 11.4 Å². The van der Waals surface area contributed by atoms with Gasteiger partial charge in [0.25, 0.3) is 0 Å². The summed E-state index contributed by atoms with van der Waals surface area (Å²) in [6, 6.07) is 4.46. The minimum absolute atomic E-state index is 0.0404. The summed E-state index contributed by atoms with van der Waals surface area (Å²) in [5.41, 5.74) is 0.664. The molecule has 0 N–H and O–H groups in total. The summed E-state index contributed by atoms with van der Waals surface area (Å²) in [6.45, 7) is 3.63. The molecular formula is C18H26N2O4S. The van der Waals surface area contributed by atoms with Gasteiger partial charge in [-0.2, -0.15) is 4.31 Å². The quantitative estimate of drug-likeness (QED) is 0.819. The van der Waals surface area contributed by atoms with Crippen molar-refractivity contribution in [2.75, 3.05) is 26.7 Å². The number of nitrogens with zero attached hydrogens (tertiary/aromatic N) is 2. The van der Waals surface area contributed by atoms with Crippen LogP contribution in [0.1, 0.15) is 37.7 Å². The maximum atomic E-state index is 13.2. The highest BCUT2D eigenvalue weighted by Crippen LogP contribution is 2.31. The molecule has 0 aromatic heterocycles. The predicted molar refractivity (Wildman–Crippen MR) is 95.1 cm³/mol. The summed E-state index contributed by atoms with van der Waals surface area (Å²) in [5, 5.41) is 0. The van der Waals surface area contributed by atoms with Crippen LogP contribution in [-0.4, -0.2) is 56.3 Å². The van der Waals surface area contributed by atoms with Crippen molar-refractivity contribution in [2.45, 2.75) is 50.0 Å². The number of hydrogen-bond acceptors (Lipinski definition) is 4. The molecule has 6 nitrogen and oxygen atoms in total. The molecule has 0 spiro atoms. The topological polar surface area (TPSA) is 66.9 Å². The molecule has 0 bridgehead atoms. The van der Waals surface area contributed by atoms with Crippen LogP contribution in [0.3, 0.4) is 0 Å². The second kappa shape index (κ2) is 7.33. The lowest BCUT2D eigenvalue weighted by molar-refractivity contribution is -0.135.